The normalized spacial score (nSPS) is 16.4. The van der Waals surface area contributed by atoms with Gasteiger partial charge >= 0.3 is 0 Å². The number of amides is 2. The van der Waals surface area contributed by atoms with Crippen LogP contribution in [0.1, 0.15) is 26.2 Å². The van der Waals surface area contributed by atoms with E-state index in [4.69, 9.17) is 0 Å². The molecule has 0 aromatic carbocycles. The Labute approximate surface area is 110 Å². The first-order valence-corrected chi connectivity index (χ1v) is 4.61. The van der Waals surface area contributed by atoms with Crippen molar-refractivity contribution in [3.05, 3.63) is 0 Å². The molecule has 1 atom stereocenters. The van der Waals surface area contributed by atoms with Crippen molar-refractivity contribution in [1.29, 1.82) is 0 Å². The van der Waals surface area contributed by atoms with Gasteiger partial charge in [-0.15, -0.1) is 0 Å². The fourth-order valence-corrected chi connectivity index (χ4v) is 1.24. The van der Waals surface area contributed by atoms with Crippen LogP contribution >= 0.6 is 0 Å². The Kier molecular flexibility index (Phi) is 7.37. The van der Waals surface area contributed by atoms with E-state index in [1.165, 1.54) is 0 Å². The van der Waals surface area contributed by atoms with Gasteiger partial charge in [0.15, 0.2) is 0 Å². The molecule has 0 aliphatic heterocycles. The molecule has 0 bridgehead atoms. The van der Waals surface area contributed by atoms with E-state index in [0.29, 0.717) is 6.04 Å². The van der Waals surface area contributed by atoms with Gasteiger partial charge in [-0.1, -0.05) is 0 Å². The fraction of sp³-hybridized carbons (Fsp3) is 0.778. The molecule has 0 heterocycles. The summed E-state index contributed by atoms with van der Waals surface area (Å²) < 4.78 is 0. The zero-order valence-electron chi connectivity index (χ0n) is 8.40. The second-order valence-electron chi connectivity index (χ2n) is 3.51. The molecule has 0 saturated heterocycles. The molecule has 1 N–H and O–H groups in total. The zero-order chi connectivity index (χ0) is 9.68. The van der Waals surface area contributed by atoms with E-state index in [1.54, 1.807) is 6.41 Å². The maximum Gasteiger partial charge on any atom is 0.209 e. The van der Waals surface area contributed by atoms with Crippen molar-refractivity contribution in [2.75, 3.05) is 6.54 Å². The second-order valence-corrected chi connectivity index (χ2v) is 3.51. The van der Waals surface area contributed by atoms with Crippen molar-refractivity contribution >= 4 is 12.8 Å². The molecule has 1 aliphatic rings. The van der Waals surface area contributed by atoms with Gasteiger partial charge in [0, 0.05) is 45.3 Å². The van der Waals surface area contributed by atoms with E-state index in [1.807, 2.05) is 11.8 Å². The summed E-state index contributed by atoms with van der Waals surface area (Å²) in [7, 11) is 0. The van der Waals surface area contributed by atoms with Crippen LogP contribution in [0.5, 0.6) is 0 Å². The van der Waals surface area contributed by atoms with Crippen LogP contribution in [0.4, 0.5) is 0 Å². The number of carbonyl (C=O) groups is 1. The van der Waals surface area contributed by atoms with Gasteiger partial charge < -0.3 is 15.0 Å². The average Bonchev–Trinajstić information content (AvgIpc) is 2.90. The van der Waals surface area contributed by atoms with Crippen molar-refractivity contribution in [2.45, 2.75) is 38.3 Å². The van der Waals surface area contributed by atoms with Crippen LogP contribution < -0.4 is 5.32 Å². The third kappa shape index (κ3) is 5.06. The topological polar surface area (TPSA) is 49.4 Å². The number of hydrogen-bond acceptors (Lipinski definition) is 2. The van der Waals surface area contributed by atoms with E-state index in [-0.39, 0.29) is 38.8 Å². The monoisotopic (exact) mass is 272 g/mol. The van der Waals surface area contributed by atoms with Crippen LogP contribution in [-0.2, 0) is 42.3 Å². The number of carbonyl (C=O) groups excluding carboxylic acids is 2. The molecule has 1 saturated carbocycles. The SMILES string of the molecule is CC(CCN(C=O)C1CC1)N[C-]=O.[Y]. The predicted octanol–water partition coefficient (Wildman–Crippen LogP) is 0.0401. The Balaban J connectivity index is 0.00000169. The minimum Gasteiger partial charge on any atom is -0.528 e. The van der Waals surface area contributed by atoms with Crippen LogP contribution in [-0.4, -0.2) is 36.3 Å². The van der Waals surface area contributed by atoms with Gasteiger partial charge in [-0.25, -0.2) is 0 Å². The summed E-state index contributed by atoms with van der Waals surface area (Å²) in [5, 5.41) is 2.54. The average molecular weight is 272 g/mol. The molecule has 1 fully saturated rings. The fourth-order valence-electron chi connectivity index (χ4n) is 1.24. The van der Waals surface area contributed by atoms with Crippen molar-refractivity contribution in [2.24, 2.45) is 0 Å². The van der Waals surface area contributed by atoms with Crippen molar-refractivity contribution < 1.29 is 42.3 Å². The van der Waals surface area contributed by atoms with Gasteiger partial charge in [0.1, 0.15) is 0 Å². The second kappa shape index (κ2) is 7.35. The molecule has 4 nitrogen and oxygen atoms in total. The van der Waals surface area contributed by atoms with E-state index in [2.05, 4.69) is 5.32 Å². The van der Waals surface area contributed by atoms with Crippen LogP contribution in [0.2, 0.25) is 0 Å². The Morgan fingerprint density at radius 2 is 2.29 bits per heavy atom. The van der Waals surface area contributed by atoms with E-state index in [9.17, 15) is 9.59 Å². The smallest absolute Gasteiger partial charge is 0.209 e. The Morgan fingerprint density at radius 3 is 2.71 bits per heavy atom. The molecular formula is C9H15N2O2Y-. The predicted molar refractivity (Wildman–Crippen MR) is 48.7 cm³/mol. The van der Waals surface area contributed by atoms with Crippen LogP contribution in [0, 0.1) is 0 Å². The summed E-state index contributed by atoms with van der Waals surface area (Å²) in [6.07, 6.45) is 5.59. The quantitative estimate of drug-likeness (QED) is 0.404. The molecular weight excluding hydrogens is 257 g/mol. The minimum atomic E-state index is 0. The van der Waals surface area contributed by atoms with Gasteiger partial charge in [0.05, 0.1) is 0 Å². The third-order valence-corrected chi connectivity index (χ3v) is 2.28. The summed E-state index contributed by atoms with van der Waals surface area (Å²) in [6.45, 7) is 2.63. The standard InChI is InChI=1S/C9H15N2O2.Y/c1-8(10-6-12)4-5-11(7-13)9-2-3-9;/h7-9H,2-5H2,1H3,(H,10,12);/q-1;. The van der Waals surface area contributed by atoms with Gasteiger partial charge in [-0.3, -0.25) is 4.79 Å². The Hall–Kier alpha value is 0.0439. The van der Waals surface area contributed by atoms with Gasteiger partial charge in [0.2, 0.25) is 6.41 Å². The first-order chi connectivity index (χ1) is 6.27. The van der Waals surface area contributed by atoms with E-state index < -0.39 is 0 Å². The molecule has 1 aliphatic carbocycles. The Morgan fingerprint density at radius 1 is 1.64 bits per heavy atom. The maximum atomic E-state index is 10.6. The Bertz CT molecular complexity index is 186. The van der Waals surface area contributed by atoms with Gasteiger partial charge in [-0.05, 0) is 32.2 Å². The van der Waals surface area contributed by atoms with E-state index >= 15 is 0 Å². The zero-order valence-corrected chi connectivity index (χ0v) is 11.2. The molecule has 77 valence electrons. The minimum absolute atomic E-state index is 0. The molecule has 1 radical (unpaired) electrons. The summed E-state index contributed by atoms with van der Waals surface area (Å²) in [4.78, 5) is 22.4. The first kappa shape index (κ1) is 14.0. The molecule has 5 heteroatoms. The van der Waals surface area contributed by atoms with Crippen LogP contribution in [0.15, 0.2) is 0 Å². The number of hydrogen-bond donors (Lipinski definition) is 1. The summed E-state index contributed by atoms with van der Waals surface area (Å²) in [5.41, 5.74) is 0. The molecule has 0 aromatic heterocycles. The van der Waals surface area contributed by atoms with Crippen molar-refractivity contribution in [3.63, 3.8) is 0 Å². The first-order valence-electron chi connectivity index (χ1n) is 4.61. The number of nitrogens with one attached hydrogen (secondary N) is 1. The van der Waals surface area contributed by atoms with Crippen molar-refractivity contribution in [1.82, 2.24) is 10.2 Å². The number of nitrogens with zero attached hydrogens (tertiary/aromatic N) is 1. The number of rotatable bonds is 7. The summed E-state index contributed by atoms with van der Waals surface area (Å²) in [5.74, 6) is 0. The maximum absolute atomic E-state index is 10.6. The van der Waals surface area contributed by atoms with Crippen LogP contribution in [0.3, 0.4) is 0 Å². The molecule has 14 heavy (non-hydrogen) atoms. The van der Waals surface area contributed by atoms with Gasteiger partial charge in [-0.2, -0.15) is 6.41 Å². The summed E-state index contributed by atoms with van der Waals surface area (Å²) in [6, 6.07) is 0.559. The molecule has 2 amide bonds. The third-order valence-electron chi connectivity index (χ3n) is 2.28. The van der Waals surface area contributed by atoms with E-state index in [0.717, 1.165) is 32.2 Å². The van der Waals surface area contributed by atoms with Gasteiger partial charge in [0.25, 0.3) is 0 Å². The molecule has 1 rings (SSSR count). The van der Waals surface area contributed by atoms with Crippen LogP contribution in [0.25, 0.3) is 0 Å². The van der Waals surface area contributed by atoms with Crippen molar-refractivity contribution in [3.8, 4) is 0 Å². The molecule has 0 spiro atoms. The largest absolute Gasteiger partial charge is 0.528 e. The summed E-state index contributed by atoms with van der Waals surface area (Å²) >= 11 is 0. The molecule has 1 unspecified atom stereocenters. The molecule has 0 aromatic rings.